The van der Waals surface area contributed by atoms with Crippen LogP contribution >= 0.6 is 24.0 Å². The van der Waals surface area contributed by atoms with Crippen molar-refractivity contribution in [1.29, 1.82) is 0 Å². The number of rotatable bonds is 9. The van der Waals surface area contributed by atoms with Crippen LogP contribution in [0.25, 0.3) is 0 Å². The second-order valence-electron chi connectivity index (χ2n) is 6.49. The van der Waals surface area contributed by atoms with E-state index in [9.17, 15) is 4.79 Å². The van der Waals surface area contributed by atoms with Gasteiger partial charge in [-0.25, -0.2) is 4.79 Å². The molecule has 0 amide bonds. The standard InChI is InChI=1S/C23H22ClNO4.ClH/c1-28-21-12-18(14-25-13-16-7-9-19(10-8-16)23(26)27)11-20(24)22(21)29-15-17-5-3-2-4-6-17;/h2-12,25H,13-15H2,1H3,(H,26,27);1H. The third kappa shape index (κ3) is 6.39. The molecule has 0 saturated heterocycles. The smallest absolute Gasteiger partial charge is 0.335 e. The summed E-state index contributed by atoms with van der Waals surface area (Å²) in [4.78, 5) is 10.9. The van der Waals surface area contributed by atoms with Gasteiger partial charge in [0, 0.05) is 13.1 Å². The number of carboxylic acids is 1. The molecule has 2 N–H and O–H groups in total. The number of hydrogen-bond acceptors (Lipinski definition) is 4. The van der Waals surface area contributed by atoms with Gasteiger partial charge < -0.3 is 19.9 Å². The summed E-state index contributed by atoms with van der Waals surface area (Å²) < 4.78 is 11.3. The van der Waals surface area contributed by atoms with Crippen LogP contribution in [-0.4, -0.2) is 18.2 Å². The minimum Gasteiger partial charge on any atom is -0.493 e. The van der Waals surface area contributed by atoms with Gasteiger partial charge in [0.2, 0.25) is 0 Å². The maximum absolute atomic E-state index is 10.9. The molecule has 0 radical (unpaired) electrons. The molecular weight excluding hydrogens is 425 g/mol. The number of hydrogen-bond donors (Lipinski definition) is 2. The van der Waals surface area contributed by atoms with Gasteiger partial charge in [-0.3, -0.25) is 0 Å². The van der Waals surface area contributed by atoms with Gasteiger partial charge in [-0.1, -0.05) is 54.1 Å². The van der Waals surface area contributed by atoms with Crippen molar-refractivity contribution in [2.24, 2.45) is 0 Å². The average Bonchev–Trinajstić information content (AvgIpc) is 2.73. The van der Waals surface area contributed by atoms with E-state index in [2.05, 4.69) is 5.32 Å². The lowest BCUT2D eigenvalue weighted by Gasteiger charge is -2.15. The van der Waals surface area contributed by atoms with E-state index in [-0.39, 0.29) is 18.0 Å². The van der Waals surface area contributed by atoms with Gasteiger partial charge in [-0.2, -0.15) is 0 Å². The summed E-state index contributed by atoms with van der Waals surface area (Å²) >= 11 is 6.43. The fraction of sp³-hybridized carbons (Fsp3) is 0.174. The molecule has 0 bridgehead atoms. The number of ether oxygens (including phenoxy) is 2. The largest absolute Gasteiger partial charge is 0.493 e. The fourth-order valence-electron chi connectivity index (χ4n) is 2.86. The average molecular weight is 448 g/mol. The minimum atomic E-state index is -0.930. The van der Waals surface area contributed by atoms with E-state index in [0.717, 1.165) is 16.7 Å². The molecule has 30 heavy (non-hydrogen) atoms. The maximum atomic E-state index is 10.9. The van der Waals surface area contributed by atoms with Gasteiger partial charge in [0.25, 0.3) is 0 Å². The summed E-state index contributed by atoms with van der Waals surface area (Å²) in [5.41, 5.74) is 3.28. The highest BCUT2D eigenvalue weighted by atomic mass is 35.5. The Hall–Kier alpha value is -2.73. The first kappa shape index (κ1) is 23.5. The van der Waals surface area contributed by atoms with Gasteiger partial charge >= 0.3 is 5.97 Å². The van der Waals surface area contributed by atoms with Crippen molar-refractivity contribution in [2.45, 2.75) is 19.7 Å². The lowest BCUT2D eigenvalue weighted by molar-refractivity contribution is 0.0697. The van der Waals surface area contributed by atoms with Crippen molar-refractivity contribution in [3.63, 3.8) is 0 Å². The van der Waals surface area contributed by atoms with Crippen LogP contribution in [0.4, 0.5) is 0 Å². The first-order chi connectivity index (χ1) is 14.1. The summed E-state index contributed by atoms with van der Waals surface area (Å²) in [5.74, 6) is 0.169. The van der Waals surface area contributed by atoms with Gasteiger partial charge in [-0.15, -0.1) is 12.4 Å². The van der Waals surface area contributed by atoms with Crippen molar-refractivity contribution in [1.82, 2.24) is 5.32 Å². The molecule has 0 spiro atoms. The van der Waals surface area contributed by atoms with E-state index in [1.165, 1.54) is 0 Å². The number of carbonyl (C=O) groups is 1. The SMILES string of the molecule is COc1cc(CNCc2ccc(C(=O)O)cc2)cc(Cl)c1OCc1ccccc1.Cl. The highest BCUT2D eigenvalue weighted by Gasteiger charge is 2.12. The Labute approximate surface area is 187 Å². The van der Waals surface area contributed by atoms with E-state index in [1.54, 1.807) is 31.4 Å². The zero-order valence-corrected chi connectivity index (χ0v) is 18.0. The number of benzene rings is 3. The first-order valence-electron chi connectivity index (χ1n) is 9.13. The molecule has 0 saturated carbocycles. The number of methoxy groups -OCH3 is 1. The molecule has 0 aliphatic heterocycles. The van der Waals surface area contributed by atoms with Crippen LogP contribution in [0.3, 0.4) is 0 Å². The predicted molar refractivity (Wildman–Crippen MR) is 120 cm³/mol. The number of aromatic carboxylic acids is 1. The zero-order chi connectivity index (χ0) is 20.6. The van der Waals surface area contributed by atoms with Crippen LogP contribution in [-0.2, 0) is 19.7 Å². The minimum absolute atomic E-state index is 0. The van der Waals surface area contributed by atoms with Crippen LogP contribution in [0, 0.1) is 0 Å². The van der Waals surface area contributed by atoms with Crippen molar-refractivity contribution in [2.75, 3.05) is 7.11 Å². The van der Waals surface area contributed by atoms with Gasteiger partial charge in [0.1, 0.15) is 6.61 Å². The molecule has 0 fully saturated rings. The van der Waals surface area contributed by atoms with Gasteiger partial charge in [0.05, 0.1) is 17.7 Å². The third-order valence-electron chi connectivity index (χ3n) is 4.37. The molecule has 7 heteroatoms. The Kier molecular flexibility index (Phi) is 8.99. The lowest BCUT2D eigenvalue weighted by atomic mass is 10.1. The highest BCUT2D eigenvalue weighted by molar-refractivity contribution is 6.32. The van der Waals surface area contributed by atoms with Crippen LogP contribution in [0.1, 0.15) is 27.0 Å². The molecule has 0 heterocycles. The monoisotopic (exact) mass is 447 g/mol. The molecule has 5 nitrogen and oxygen atoms in total. The van der Waals surface area contributed by atoms with E-state index in [4.69, 9.17) is 26.2 Å². The van der Waals surface area contributed by atoms with Crippen LogP contribution < -0.4 is 14.8 Å². The van der Waals surface area contributed by atoms with Crippen molar-refractivity contribution in [3.05, 3.63) is 94.0 Å². The van der Waals surface area contributed by atoms with Crippen molar-refractivity contribution in [3.8, 4) is 11.5 Å². The molecule has 3 aromatic carbocycles. The third-order valence-corrected chi connectivity index (χ3v) is 4.66. The van der Waals surface area contributed by atoms with E-state index < -0.39 is 5.97 Å². The summed E-state index contributed by atoms with van der Waals surface area (Å²) in [5, 5.41) is 12.8. The molecular formula is C23H23Cl2NO4. The Morgan fingerprint density at radius 3 is 2.27 bits per heavy atom. The summed E-state index contributed by atoms with van der Waals surface area (Å²) in [6.45, 7) is 1.59. The Morgan fingerprint density at radius 1 is 0.967 bits per heavy atom. The zero-order valence-electron chi connectivity index (χ0n) is 16.4. The van der Waals surface area contributed by atoms with Crippen LogP contribution in [0.15, 0.2) is 66.7 Å². The number of halogens is 2. The second-order valence-corrected chi connectivity index (χ2v) is 6.90. The lowest BCUT2D eigenvalue weighted by Crippen LogP contribution is -2.13. The fourth-order valence-corrected chi connectivity index (χ4v) is 3.15. The maximum Gasteiger partial charge on any atom is 0.335 e. The normalized spacial score (nSPS) is 10.2. The molecule has 0 aliphatic rings. The first-order valence-corrected chi connectivity index (χ1v) is 9.50. The molecule has 0 unspecified atom stereocenters. The van der Waals surface area contributed by atoms with Crippen molar-refractivity contribution >= 4 is 30.0 Å². The Bertz CT molecular complexity index is 963. The molecule has 3 aromatic rings. The van der Waals surface area contributed by atoms with E-state index in [0.29, 0.717) is 36.2 Å². The van der Waals surface area contributed by atoms with Crippen LogP contribution in [0.5, 0.6) is 11.5 Å². The molecule has 158 valence electrons. The second kappa shape index (κ2) is 11.5. The number of carboxylic acid groups (broad SMARTS) is 1. The quantitative estimate of drug-likeness (QED) is 0.463. The van der Waals surface area contributed by atoms with Crippen LogP contribution in [0.2, 0.25) is 5.02 Å². The predicted octanol–water partition coefficient (Wildman–Crippen LogP) is 5.34. The summed E-state index contributed by atoms with van der Waals surface area (Å²) in [7, 11) is 1.59. The highest BCUT2D eigenvalue weighted by Crippen LogP contribution is 2.37. The van der Waals surface area contributed by atoms with Gasteiger partial charge in [0.15, 0.2) is 11.5 Å². The molecule has 0 atom stereocenters. The number of nitrogens with one attached hydrogen (secondary N) is 1. The van der Waals surface area contributed by atoms with E-state index in [1.807, 2.05) is 42.5 Å². The molecule has 3 rings (SSSR count). The summed E-state index contributed by atoms with van der Waals surface area (Å²) in [6, 6.07) is 20.4. The van der Waals surface area contributed by atoms with E-state index >= 15 is 0 Å². The Morgan fingerprint density at radius 2 is 1.63 bits per heavy atom. The molecule has 0 aliphatic carbocycles. The Balaban J connectivity index is 0.00000320. The van der Waals surface area contributed by atoms with Gasteiger partial charge in [-0.05, 0) is 41.0 Å². The summed E-state index contributed by atoms with van der Waals surface area (Å²) in [6.07, 6.45) is 0. The topological polar surface area (TPSA) is 67.8 Å². The molecule has 0 aromatic heterocycles. The van der Waals surface area contributed by atoms with Crippen molar-refractivity contribution < 1.29 is 19.4 Å².